The third kappa shape index (κ3) is 4.05. The van der Waals surface area contributed by atoms with Crippen LogP contribution in [0.25, 0.3) is 22.0 Å². The minimum absolute atomic E-state index is 0.152. The number of rotatable bonds is 6. The van der Waals surface area contributed by atoms with Crippen molar-refractivity contribution in [3.05, 3.63) is 77.2 Å². The summed E-state index contributed by atoms with van der Waals surface area (Å²) in [4.78, 5) is 19.1. The molecule has 0 saturated heterocycles. The molecule has 0 radical (unpaired) electrons. The minimum Gasteiger partial charge on any atom is -0.490 e. The van der Waals surface area contributed by atoms with Crippen molar-refractivity contribution in [1.82, 2.24) is 20.1 Å². The van der Waals surface area contributed by atoms with Crippen molar-refractivity contribution in [1.29, 1.82) is 10.5 Å². The van der Waals surface area contributed by atoms with Crippen molar-refractivity contribution in [2.75, 3.05) is 7.05 Å². The number of nitrogens with zero attached hydrogens (tertiary/aromatic N) is 5. The Bertz CT molecular complexity index is 1490. The fraction of sp³-hybridized carbons (Fsp3) is 0.192. The van der Waals surface area contributed by atoms with E-state index in [0.717, 1.165) is 29.5 Å². The summed E-state index contributed by atoms with van der Waals surface area (Å²) in [5, 5.41) is 26.0. The number of nitrogens with one attached hydrogen (secondary N) is 1. The van der Waals surface area contributed by atoms with Gasteiger partial charge in [0.1, 0.15) is 11.8 Å². The van der Waals surface area contributed by atoms with Crippen LogP contribution in [0.15, 0.2) is 54.9 Å². The van der Waals surface area contributed by atoms with Gasteiger partial charge in [0.2, 0.25) is 0 Å². The second-order valence-corrected chi connectivity index (χ2v) is 8.28. The van der Waals surface area contributed by atoms with Crippen LogP contribution >= 0.6 is 0 Å². The number of nitriles is 2. The van der Waals surface area contributed by atoms with Gasteiger partial charge in [0.25, 0.3) is 5.91 Å². The number of H-pyrrole nitrogens is 1. The molecule has 8 heteroatoms. The van der Waals surface area contributed by atoms with Crippen molar-refractivity contribution >= 4 is 16.8 Å². The Kier molecular flexibility index (Phi) is 5.41. The number of fused-ring (bicyclic) bond motifs is 1. The maximum Gasteiger partial charge on any atom is 0.254 e. The fourth-order valence-electron chi connectivity index (χ4n) is 3.86. The Morgan fingerprint density at radius 1 is 1.18 bits per heavy atom. The van der Waals surface area contributed by atoms with Crippen LogP contribution in [0.4, 0.5) is 0 Å². The van der Waals surface area contributed by atoms with Gasteiger partial charge in [0.15, 0.2) is 5.69 Å². The SMILES string of the molecule is CN(Cc1cnc(C#N)c2cn[nH]c12)C(=O)c1ccc(-c2cccc(C#N)c2)c(OC2CC2)c1. The van der Waals surface area contributed by atoms with Gasteiger partial charge in [-0.2, -0.15) is 15.6 Å². The van der Waals surface area contributed by atoms with Gasteiger partial charge in [-0.05, 0) is 48.7 Å². The first-order valence-corrected chi connectivity index (χ1v) is 10.8. The van der Waals surface area contributed by atoms with Crippen LogP contribution in [-0.4, -0.2) is 39.1 Å². The smallest absolute Gasteiger partial charge is 0.254 e. The van der Waals surface area contributed by atoms with Gasteiger partial charge in [-0.3, -0.25) is 9.89 Å². The molecule has 5 rings (SSSR count). The number of hydrogen-bond acceptors (Lipinski definition) is 6. The molecule has 1 fully saturated rings. The number of carbonyl (C=O) groups excluding carboxylic acids is 1. The molecular formula is C26H20N6O2. The van der Waals surface area contributed by atoms with E-state index >= 15 is 0 Å². The monoisotopic (exact) mass is 448 g/mol. The zero-order valence-electron chi connectivity index (χ0n) is 18.4. The Balaban J connectivity index is 1.44. The zero-order valence-corrected chi connectivity index (χ0v) is 18.4. The topological polar surface area (TPSA) is 119 Å². The summed E-state index contributed by atoms with van der Waals surface area (Å²) in [7, 11) is 1.72. The number of pyridine rings is 1. The van der Waals surface area contributed by atoms with Crippen LogP contribution in [0.5, 0.6) is 5.75 Å². The predicted octanol–water partition coefficient (Wildman–Crippen LogP) is 4.18. The van der Waals surface area contributed by atoms with E-state index in [1.54, 1.807) is 42.5 Å². The molecule has 1 aliphatic carbocycles. The average Bonchev–Trinajstić information content (AvgIpc) is 3.54. The van der Waals surface area contributed by atoms with E-state index < -0.39 is 0 Å². The highest BCUT2D eigenvalue weighted by molar-refractivity contribution is 5.96. The van der Waals surface area contributed by atoms with Gasteiger partial charge in [-0.15, -0.1) is 0 Å². The number of aromatic nitrogens is 3. The molecule has 1 saturated carbocycles. The lowest BCUT2D eigenvalue weighted by atomic mass is 10.0. The quantitative estimate of drug-likeness (QED) is 0.473. The van der Waals surface area contributed by atoms with Gasteiger partial charge in [-0.25, -0.2) is 4.98 Å². The Labute approximate surface area is 196 Å². The molecule has 0 atom stereocenters. The van der Waals surface area contributed by atoms with E-state index in [-0.39, 0.29) is 12.0 Å². The summed E-state index contributed by atoms with van der Waals surface area (Å²) in [6.07, 6.45) is 5.28. The molecule has 2 aromatic heterocycles. The molecule has 0 aliphatic heterocycles. The number of hydrogen-bond donors (Lipinski definition) is 1. The number of carbonyl (C=O) groups is 1. The second-order valence-electron chi connectivity index (χ2n) is 8.28. The third-order valence-corrected chi connectivity index (χ3v) is 5.77. The van der Waals surface area contributed by atoms with Gasteiger partial charge < -0.3 is 9.64 Å². The molecule has 0 spiro atoms. The lowest BCUT2D eigenvalue weighted by Gasteiger charge is -2.19. The lowest BCUT2D eigenvalue weighted by Crippen LogP contribution is -2.26. The van der Waals surface area contributed by atoms with Crippen LogP contribution < -0.4 is 4.74 Å². The molecule has 0 bridgehead atoms. The highest BCUT2D eigenvalue weighted by atomic mass is 16.5. The fourth-order valence-corrected chi connectivity index (χ4v) is 3.86. The van der Waals surface area contributed by atoms with Gasteiger partial charge in [0.05, 0.1) is 34.8 Å². The van der Waals surface area contributed by atoms with Crippen LogP contribution in [0.3, 0.4) is 0 Å². The Hall–Kier alpha value is -4.69. The molecule has 4 aromatic rings. The van der Waals surface area contributed by atoms with Crippen LogP contribution in [0.2, 0.25) is 0 Å². The van der Waals surface area contributed by atoms with E-state index in [2.05, 4.69) is 27.3 Å². The zero-order chi connectivity index (χ0) is 23.7. The van der Waals surface area contributed by atoms with Gasteiger partial charge in [0, 0.05) is 36.5 Å². The summed E-state index contributed by atoms with van der Waals surface area (Å²) in [6, 6.07) is 17.0. The van der Waals surface area contributed by atoms with Crippen LogP contribution in [0, 0.1) is 22.7 Å². The predicted molar refractivity (Wildman–Crippen MR) is 125 cm³/mol. The van der Waals surface area contributed by atoms with E-state index in [9.17, 15) is 15.3 Å². The van der Waals surface area contributed by atoms with E-state index in [1.807, 2.05) is 24.3 Å². The Morgan fingerprint density at radius 2 is 2.03 bits per heavy atom. The minimum atomic E-state index is -0.171. The molecule has 166 valence electrons. The van der Waals surface area contributed by atoms with Gasteiger partial charge >= 0.3 is 0 Å². The Morgan fingerprint density at radius 3 is 2.79 bits per heavy atom. The first-order valence-electron chi connectivity index (χ1n) is 10.8. The standard InChI is InChI=1S/C26H20N6O2/c1-32(15-19-13-29-23(12-28)22-14-30-31-25(19)22)26(33)18-5-8-21(24(10-18)34-20-6-7-20)17-4-2-3-16(9-17)11-27/h2-5,8-10,13-14,20H,6-7,15H2,1H3,(H,30,31). The lowest BCUT2D eigenvalue weighted by molar-refractivity contribution is 0.0785. The molecule has 2 aromatic carbocycles. The summed E-state index contributed by atoms with van der Waals surface area (Å²) < 4.78 is 6.14. The van der Waals surface area contributed by atoms with Crippen LogP contribution in [0.1, 0.15) is 40.0 Å². The first kappa shape index (κ1) is 21.2. The first-order chi connectivity index (χ1) is 16.6. The largest absolute Gasteiger partial charge is 0.490 e. The van der Waals surface area contributed by atoms with Crippen molar-refractivity contribution in [3.8, 4) is 29.0 Å². The molecule has 8 nitrogen and oxygen atoms in total. The molecule has 1 N–H and O–H groups in total. The van der Waals surface area contributed by atoms with Gasteiger partial charge in [-0.1, -0.05) is 12.1 Å². The molecule has 0 unspecified atom stereocenters. The van der Waals surface area contributed by atoms with E-state index in [1.165, 1.54) is 0 Å². The molecule has 34 heavy (non-hydrogen) atoms. The van der Waals surface area contributed by atoms with Crippen molar-refractivity contribution in [3.63, 3.8) is 0 Å². The van der Waals surface area contributed by atoms with E-state index in [0.29, 0.717) is 40.0 Å². The molecule has 1 aliphatic rings. The number of amides is 1. The maximum absolute atomic E-state index is 13.3. The average molecular weight is 448 g/mol. The third-order valence-electron chi connectivity index (χ3n) is 5.77. The van der Waals surface area contributed by atoms with Crippen molar-refractivity contribution < 1.29 is 9.53 Å². The summed E-state index contributed by atoms with van der Waals surface area (Å²) in [5.41, 5.74) is 4.53. The molecule has 1 amide bonds. The highest BCUT2D eigenvalue weighted by Gasteiger charge is 2.26. The normalized spacial score (nSPS) is 12.7. The summed E-state index contributed by atoms with van der Waals surface area (Å²) >= 11 is 0. The molecule has 2 heterocycles. The summed E-state index contributed by atoms with van der Waals surface area (Å²) in [5.74, 6) is 0.461. The summed E-state index contributed by atoms with van der Waals surface area (Å²) in [6.45, 7) is 0.293. The number of ether oxygens (including phenoxy) is 1. The number of aromatic amines is 1. The molecular weight excluding hydrogens is 428 g/mol. The van der Waals surface area contributed by atoms with Crippen molar-refractivity contribution in [2.45, 2.75) is 25.5 Å². The van der Waals surface area contributed by atoms with Crippen molar-refractivity contribution in [2.24, 2.45) is 0 Å². The maximum atomic E-state index is 13.3. The van der Waals surface area contributed by atoms with Crippen LogP contribution in [-0.2, 0) is 6.54 Å². The highest BCUT2D eigenvalue weighted by Crippen LogP contribution is 2.36. The second kappa shape index (κ2) is 8.68. The number of benzene rings is 2. The van der Waals surface area contributed by atoms with E-state index in [4.69, 9.17) is 4.74 Å².